The van der Waals surface area contributed by atoms with E-state index in [1.807, 2.05) is 18.2 Å². The molecule has 0 saturated carbocycles. The van der Waals surface area contributed by atoms with Gasteiger partial charge in [0.25, 0.3) is 0 Å². The first-order valence-corrected chi connectivity index (χ1v) is 6.50. The van der Waals surface area contributed by atoms with Gasteiger partial charge in [-0.05, 0) is 26.0 Å². The highest BCUT2D eigenvalue weighted by Gasteiger charge is 2.13. The molecule has 2 aromatic rings. The quantitative estimate of drug-likeness (QED) is 0.901. The normalized spacial score (nSPS) is 12.4. The van der Waals surface area contributed by atoms with Gasteiger partial charge in [0, 0.05) is 18.4 Å². The first-order chi connectivity index (χ1) is 8.22. The Bertz CT molecular complexity index is 467. The first kappa shape index (κ1) is 12.1. The van der Waals surface area contributed by atoms with Crippen LogP contribution in [-0.4, -0.2) is 16.6 Å². The lowest BCUT2D eigenvalue weighted by Gasteiger charge is -2.19. The summed E-state index contributed by atoms with van der Waals surface area (Å²) < 4.78 is 0. The van der Waals surface area contributed by atoms with Crippen LogP contribution in [0.1, 0.15) is 24.8 Å². The molecule has 0 spiro atoms. The molecule has 0 aliphatic heterocycles. The Kier molecular flexibility index (Phi) is 3.76. The average Bonchev–Trinajstić information content (AvgIpc) is 2.81. The van der Waals surface area contributed by atoms with E-state index in [2.05, 4.69) is 28.9 Å². The molecule has 0 saturated heterocycles. The van der Waals surface area contributed by atoms with Crippen LogP contribution in [0.3, 0.4) is 0 Å². The number of aliphatic hydroxyl groups is 1. The van der Waals surface area contributed by atoms with Gasteiger partial charge < -0.3 is 10.0 Å². The average molecular weight is 248 g/mol. The molecule has 0 bridgehead atoms. The number of anilines is 2. The molecule has 0 fully saturated rings. The predicted molar refractivity (Wildman–Crippen MR) is 71.9 cm³/mol. The minimum Gasteiger partial charge on any atom is -0.388 e. The van der Waals surface area contributed by atoms with Gasteiger partial charge in [0.15, 0.2) is 5.13 Å². The van der Waals surface area contributed by atoms with Gasteiger partial charge >= 0.3 is 0 Å². The van der Waals surface area contributed by atoms with E-state index < -0.39 is 6.10 Å². The van der Waals surface area contributed by atoms with Crippen molar-refractivity contribution >= 4 is 22.2 Å². The number of rotatable bonds is 4. The molecule has 1 atom stereocenters. The highest BCUT2D eigenvalue weighted by molar-refractivity contribution is 7.15. The lowest BCUT2D eigenvalue weighted by atomic mass is 10.3. The Morgan fingerprint density at radius 2 is 2.06 bits per heavy atom. The maximum absolute atomic E-state index is 9.51. The van der Waals surface area contributed by atoms with Crippen molar-refractivity contribution in [2.45, 2.75) is 20.0 Å². The summed E-state index contributed by atoms with van der Waals surface area (Å²) in [5.74, 6) is 0. The van der Waals surface area contributed by atoms with Gasteiger partial charge in [0.2, 0.25) is 0 Å². The summed E-state index contributed by atoms with van der Waals surface area (Å²) >= 11 is 1.53. The summed E-state index contributed by atoms with van der Waals surface area (Å²) in [6.07, 6.45) is 1.30. The Morgan fingerprint density at radius 1 is 1.35 bits per heavy atom. The fourth-order valence-corrected chi connectivity index (χ4v) is 2.57. The van der Waals surface area contributed by atoms with E-state index in [1.165, 1.54) is 11.3 Å². The molecule has 0 aliphatic rings. The van der Waals surface area contributed by atoms with Crippen molar-refractivity contribution in [3.8, 4) is 0 Å². The van der Waals surface area contributed by atoms with E-state index in [4.69, 9.17) is 0 Å². The minimum absolute atomic E-state index is 0.448. The van der Waals surface area contributed by atoms with Crippen molar-refractivity contribution in [3.05, 3.63) is 41.4 Å². The lowest BCUT2D eigenvalue weighted by molar-refractivity contribution is 0.203. The van der Waals surface area contributed by atoms with Gasteiger partial charge in [0.1, 0.15) is 0 Å². The van der Waals surface area contributed by atoms with E-state index >= 15 is 0 Å². The maximum atomic E-state index is 9.51. The number of nitrogens with zero attached hydrogens (tertiary/aromatic N) is 2. The second-order valence-corrected chi connectivity index (χ2v) is 4.84. The van der Waals surface area contributed by atoms with E-state index in [-0.39, 0.29) is 0 Å². The SMILES string of the molecule is CCN(c1ccccc1)c1ncc(C(C)O)s1. The minimum atomic E-state index is -0.448. The molecule has 1 N–H and O–H groups in total. The van der Waals surface area contributed by atoms with Crippen molar-refractivity contribution in [1.29, 1.82) is 0 Å². The van der Waals surface area contributed by atoms with E-state index in [0.717, 1.165) is 22.2 Å². The molecular weight excluding hydrogens is 232 g/mol. The number of hydrogen-bond acceptors (Lipinski definition) is 4. The van der Waals surface area contributed by atoms with Gasteiger partial charge in [-0.1, -0.05) is 29.5 Å². The monoisotopic (exact) mass is 248 g/mol. The standard InChI is InChI=1S/C13H16N2OS/c1-3-15(11-7-5-4-6-8-11)13-14-9-12(17-13)10(2)16/h4-10,16H,3H2,1-2H3. The van der Waals surface area contributed by atoms with Crippen LogP contribution in [0.4, 0.5) is 10.8 Å². The summed E-state index contributed by atoms with van der Waals surface area (Å²) in [6.45, 7) is 4.71. The van der Waals surface area contributed by atoms with Crippen LogP contribution in [0, 0.1) is 0 Å². The second-order valence-electron chi connectivity index (χ2n) is 3.80. The first-order valence-electron chi connectivity index (χ1n) is 5.68. The van der Waals surface area contributed by atoms with Crippen LogP contribution in [0.25, 0.3) is 0 Å². The zero-order valence-corrected chi connectivity index (χ0v) is 10.8. The molecule has 90 valence electrons. The highest BCUT2D eigenvalue weighted by Crippen LogP contribution is 2.31. The third kappa shape index (κ3) is 2.65. The number of aromatic nitrogens is 1. The van der Waals surface area contributed by atoms with Crippen LogP contribution in [0.5, 0.6) is 0 Å². The number of para-hydroxylation sites is 1. The summed E-state index contributed by atoms with van der Waals surface area (Å²) in [5, 5.41) is 10.4. The van der Waals surface area contributed by atoms with Gasteiger partial charge in [-0.2, -0.15) is 0 Å². The van der Waals surface area contributed by atoms with E-state index in [1.54, 1.807) is 13.1 Å². The molecule has 4 heteroatoms. The zero-order chi connectivity index (χ0) is 12.3. The predicted octanol–water partition coefficient (Wildman–Crippen LogP) is 3.35. The van der Waals surface area contributed by atoms with Crippen molar-refractivity contribution in [2.24, 2.45) is 0 Å². The molecule has 0 amide bonds. The molecule has 0 radical (unpaired) electrons. The highest BCUT2D eigenvalue weighted by atomic mass is 32.1. The fraction of sp³-hybridized carbons (Fsp3) is 0.308. The number of hydrogen-bond donors (Lipinski definition) is 1. The number of benzene rings is 1. The molecular formula is C13H16N2OS. The fourth-order valence-electron chi connectivity index (χ4n) is 1.63. The van der Waals surface area contributed by atoms with E-state index in [0.29, 0.717) is 0 Å². The van der Waals surface area contributed by atoms with Gasteiger partial charge in [0.05, 0.1) is 11.0 Å². The molecule has 0 aliphatic carbocycles. The summed E-state index contributed by atoms with van der Waals surface area (Å²) in [6, 6.07) is 10.2. The molecule has 2 rings (SSSR count). The molecule has 1 heterocycles. The number of thiazole rings is 1. The van der Waals surface area contributed by atoms with Crippen molar-refractivity contribution < 1.29 is 5.11 Å². The lowest BCUT2D eigenvalue weighted by Crippen LogP contribution is -2.15. The van der Waals surface area contributed by atoms with Crippen molar-refractivity contribution in [3.63, 3.8) is 0 Å². The second kappa shape index (κ2) is 5.29. The van der Waals surface area contributed by atoms with Gasteiger partial charge in [-0.3, -0.25) is 0 Å². The largest absolute Gasteiger partial charge is 0.388 e. The Balaban J connectivity index is 2.29. The van der Waals surface area contributed by atoms with Crippen LogP contribution < -0.4 is 4.90 Å². The topological polar surface area (TPSA) is 36.4 Å². The summed E-state index contributed by atoms with van der Waals surface area (Å²) in [7, 11) is 0. The molecule has 17 heavy (non-hydrogen) atoms. The number of aliphatic hydroxyl groups excluding tert-OH is 1. The van der Waals surface area contributed by atoms with Crippen molar-refractivity contribution in [2.75, 3.05) is 11.4 Å². The third-order valence-electron chi connectivity index (χ3n) is 2.54. The summed E-state index contributed by atoms with van der Waals surface area (Å²) in [5.41, 5.74) is 1.13. The molecule has 1 aromatic heterocycles. The van der Waals surface area contributed by atoms with E-state index in [9.17, 15) is 5.11 Å². The maximum Gasteiger partial charge on any atom is 0.190 e. The van der Waals surface area contributed by atoms with Crippen LogP contribution in [0.2, 0.25) is 0 Å². The van der Waals surface area contributed by atoms with Gasteiger partial charge in [-0.15, -0.1) is 0 Å². The van der Waals surface area contributed by atoms with Crippen LogP contribution >= 0.6 is 11.3 Å². The third-order valence-corrected chi connectivity index (χ3v) is 3.73. The van der Waals surface area contributed by atoms with Gasteiger partial charge in [-0.25, -0.2) is 4.98 Å². The molecule has 3 nitrogen and oxygen atoms in total. The molecule has 1 unspecified atom stereocenters. The Morgan fingerprint density at radius 3 is 2.59 bits per heavy atom. The molecule has 1 aromatic carbocycles. The summed E-state index contributed by atoms with van der Waals surface area (Å²) in [4.78, 5) is 7.40. The van der Waals surface area contributed by atoms with Crippen LogP contribution in [-0.2, 0) is 0 Å². The van der Waals surface area contributed by atoms with Crippen LogP contribution in [0.15, 0.2) is 36.5 Å². The zero-order valence-electron chi connectivity index (χ0n) is 10.00. The van der Waals surface area contributed by atoms with Crippen molar-refractivity contribution in [1.82, 2.24) is 4.98 Å². The Labute approximate surface area is 105 Å². The Hall–Kier alpha value is -1.39. The smallest absolute Gasteiger partial charge is 0.190 e.